The van der Waals surface area contributed by atoms with Crippen molar-refractivity contribution in [2.24, 2.45) is 0 Å². The molecular weight excluding hydrogens is 653 g/mol. The molecule has 0 saturated heterocycles. The van der Waals surface area contributed by atoms with Crippen LogP contribution in [0.25, 0.3) is 35.1 Å². The fourth-order valence-corrected chi connectivity index (χ4v) is 7.18. The summed E-state index contributed by atoms with van der Waals surface area (Å²) in [6, 6.07) is 68.9. The minimum Gasteiger partial charge on any atom is -0.310 e. The number of anilines is 6. The number of hydrogen-bond donors (Lipinski definition) is 0. The molecule has 0 unspecified atom stereocenters. The Labute approximate surface area is 319 Å². The summed E-state index contributed by atoms with van der Waals surface area (Å²) in [5.41, 5.74) is 13.9. The monoisotopic (exact) mass is 694 g/mol. The molecule has 54 heavy (non-hydrogen) atoms. The Morgan fingerprint density at radius 2 is 0.537 bits per heavy atom. The van der Waals surface area contributed by atoms with Crippen molar-refractivity contribution in [1.82, 2.24) is 0 Å². The first-order valence-corrected chi connectivity index (χ1v) is 18.5. The van der Waals surface area contributed by atoms with Crippen molar-refractivity contribution in [3.05, 3.63) is 228 Å². The molecule has 0 aliphatic heterocycles. The van der Waals surface area contributed by atoms with E-state index in [-0.39, 0.29) is 0 Å². The van der Waals surface area contributed by atoms with E-state index in [9.17, 15) is 0 Å². The van der Waals surface area contributed by atoms with Crippen LogP contribution in [0.4, 0.5) is 34.1 Å². The lowest BCUT2D eigenvalue weighted by Gasteiger charge is -2.34. The predicted molar refractivity (Wildman–Crippen MR) is 234 cm³/mol. The van der Waals surface area contributed by atoms with Crippen LogP contribution in [0.1, 0.15) is 33.4 Å². The highest BCUT2D eigenvalue weighted by Gasteiger charge is 2.25. The maximum absolute atomic E-state index is 2.42. The van der Waals surface area contributed by atoms with Gasteiger partial charge in [0.2, 0.25) is 0 Å². The van der Waals surface area contributed by atoms with Gasteiger partial charge in [-0.2, -0.15) is 0 Å². The van der Waals surface area contributed by atoms with Crippen molar-refractivity contribution in [2.75, 3.05) is 9.80 Å². The molecular formula is C52H42N2. The molecule has 2 nitrogen and oxygen atoms in total. The van der Waals surface area contributed by atoms with E-state index in [0.717, 1.165) is 33.9 Å². The molecule has 0 N–H and O–H groups in total. The van der Waals surface area contributed by atoms with Gasteiger partial charge in [0, 0.05) is 33.5 Å². The first-order chi connectivity index (χ1) is 26.6. The predicted octanol–water partition coefficient (Wildman–Crippen LogP) is 14.7. The van der Waals surface area contributed by atoms with E-state index in [1.165, 1.54) is 44.4 Å². The van der Waals surface area contributed by atoms with Gasteiger partial charge in [0.05, 0.1) is 11.4 Å². The summed E-state index contributed by atoms with van der Waals surface area (Å²) < 4.78 is 0. The quantitative estimate of drug-likeness (QED) is 0.132. The lowest BCUT2D eigenvalue weighted by molar-refractivity contribution is 1.21. The summed E-state index contributed by atoms with van der Waals surface area (Å²) in [7, 11) is 0. The third-order valence-corrected chi connectivity index (χ3v) is 10.0. The Balaban J connectivity index is 1.25. The Hall–Kier alpha value is -6.90. The number of hydrogen-bond acceptors (Lipinski definition) is 2. The average Bonchev–Trinajstić information content (AvgIpc) is 3.24. The second kappa shape index (κ2) is 15.8. The van der Waals surface area contributed by atoms with Crippen LogP contribution >= 0.6 is 0 Å². The third-order valence-electron chi connectivity index (χ3n) is 10.0. The average molecular weight is 695 g/mol. The first kappa shape index (κ1) is 34.2. The number of rotatable bonds is 10. The molecule has 8 aromatic carbocycles. The van der Waals surface area contributed by atoms with Gasteiger partial charge in [0.15, 0.2) is 0 Å². The Morgan fingerprint density at radius 1 is 0.278 bits per heavy atom. The minimum absolute atomic E-state index is 1.11. The smallest absolute Gasteiger partial charge is 0.0573 e. The van der Waals surface area contributed by atoms with Crippen molar-refractivity contribution in [3.8, 4) is 0 Å². The van der Waals surface area contributed by atoms with Gasteiger partial charge in [-0.15, -0.1) is 0 Å². The van der Waals surface area contributed by atoms with Gasteiger partial charge in [0.25, 0.3) is 0 Å². The van der Waals surface area contributed by atoms with Gasteiger partial charge in [0.1, 0.15) is 0 Å². The summed E-state index contributed by atoms with van der Waals surface area (Å²) in [4.78, 5) is 4.83. The molecule has 0 heterocycles. The third kappa shape index (κ3) is 7.24. The maximum atomic E-state index is 2.42. The lowest BCUT2D eigenvalue weighted by atomic mass is 9.94. The summed E-state index contributed by atoms with van der Waals surface area (Å²) in [6.45, 7) is 4.54. The lowest BCUT2D eigenvalue weighted by Crippen LogP contribution is -2.16. The highest BCUT2D eigenvalue weighted by molar-refractivity contribution is 6.10. The first-order valence-electron chi connectivity index (χ1n) is 18.5. The van der Waals surface area contributed by atoms with E-state index in [0.29, 0.717) is 0 Å². The van der Waals surface area contributed by atoms with Gasteiger partial charge in [-0.05, 0) is 95.8 Å². The van der Waals surface area contributed by atoms with Crippen molar-refractivity contribution >= 4 is 69.2 Å². The van der Waals surface area contributed by atoms with Crippen LogP contribution in [-0.2, 0) is 0 Å². The summed E-state index contributed by atoms with van der Waals surface area (Å²) in [6.07, 6.45) is 8.68. The highest BCUT2D eigenvalue weighted by atomic mass is 15.2. The van der Waals surface area contributed by atoms with Crippen LogP contribution in [0.3, 0.4) is 0 Å². The Morgan fingerprint density at radius 3 is 0.870 bits per heavy atom. The molecule has 8 aromatic rings. The van der Waals surface area contributed by atoms with E-state index in [4.69, 9.17) is 0 Å². The number of para-hydroxylation sites is 2. The zero-order valence-electron chi connectivity index (χ0n) is 30.7. The number of fused-ring (bicyclic) bond motifs is 1. The molecule has 0 bridgehead atoms. The Bertz CT molecular complexity index is 2340. The van der Waals surface area contributed by atoms with E-state index >= 15 is 0 Å². The number of nitrogens with zero attached hydrogens (tertiary/aromatic N) is 2. The van der Waals surface area contributed by atoms with E-state index < -0.39 is 0 Å². The fourth-order valence-electron chi connectivity index (χ4n) is 7.18. The molecule has 0 amide bonds. The van der Waals surface area contributed by atoms with Gasteiger partial charge in [-0.25, -0.2) is 0 Å². The van der Waals surface area contributed by atoms with Gasteiger partial charge in [-0.3, -0.25) is 0 Å². The molecule has 0 atom stereocenters. The summed E-state index contributed by atoms with van der Waals surface area (Å²) in [5.74, 6) is 0. The highest BCUT2D eigenvalue weighted by Crippen LogP contribution is 2.49. The second-order valence-corrected chi connectivity index (χ2v) is 13.5. The van der Waals surface area contributed by atoms with E-state index in [1.54, 1.807) is 0 Å². The van der Waals surface area contributed by atoms with Crippen LogP contribution < -0.4 is 9.80 Å². The number of benzene rings is 8. The second-order valence-electron chi connectivity index (χ2n) is 13.5. The largest absolute Gasteiger partial charge is 0.310 e. The summed E-state index contributed by atoms with van der Waals surface area (Å²) in [5, 5.41) is 2.38. The minimum atomic E-state index is 1.11. The molecule has 0 fully saturated rings. The maximum Gasteiger partial charge on any atom is 0.0573 e. The van der Waals surface area contributed by atoms with E-state index in [1.807, 2.05) is 12.1 Å². The molecule has 0 aliphatic carbocycles. The molecule has 0 radical (unpaired) electrons. The summed E-state index contributed by atoms with van der Waals surface area (Å²) >= 11 is 0. The zero-order valence-corrected chi connectivity index (χ0v) is 30.7. The Kier molecular flexibility index (Phi) is 9.99. The molecule has 260 valence electrons. The fraction of sp³-hybridized carbons (Fsp3) is 0.0385. The van der Waals surface area contributed by atoms with Crippen LogP contribution in [-0.4, -0.2) is 0 Å². The van der Waals surface area contributed by atoms with Crippen LogP contribution in [0.15, 0.2) is 194 Å². The molecule has 2 heteroatoms. The zero-order chi connectivity index (χ0) is 36.7. The molecule has 8 rings (SSSR count). The molecule has 0 aromatic heterocycles. The normalized spacial score (nSPS) is 11.4. The standard InChI is InChI=1S/C52H42N2/c1-39-40(2)52(54(46-23-13-6-14-24-46)48-37-33-44(34-38-48)30-28-42-19-9-4-10-20-42)50-26-16-15-25-49(50)51(39)53(45-21-11-5-12-22-45)47-35-31-43(32-36-47)29-27-41-17-7-3-8-18-41/h3-38H,1-2H3. The van der Waals surface area contributed by atoms with Crippen molar-refractivity contribution in [3.63, 3.8) is 0 Å². The van der Waals surface area contributed by atoms with Gasteiger partial charge >= 0.3 is 0 Å². The molecule has 0 aliphatic rings. The van der Waals surface area contributed by atoms with Crippen molar-refractivity contribution in [2.45, 2.75) is 13.8 Å². The SMILES string of the molecule is Cc1c(C)c(N(c2ccccc2)c2ccc(C=Cc3ccccc3)cc2)c2ccccc2c1N(c1ccccc1)c1ccc(C=Cc2ccccc2)cc1. The van der Waals surface area contributed by atoms with Crippen molar-refractivity contribution in [1.29, 1.82) is 0 Å². The van der Waals surface area contributed by atoms with Crippen LogP contribution in [0, 0.1) is 13.8 Å². The van der Waals surface area contributed by atoms with Crippen LogP contribution in [0.2, 0.25) is 0 Å². The topological polar surface area (TPSA) is 6.48 Å². The van der Waals surface area contributed by atoms with Crippen LogP contribution in [0.5, 0.6) is 0 Å². The van der Waals surface area contributed by atoms with Gasteiger partial charge < -0.3 is 9.80 Å². The molecule has 0 saturated carbocycles. The van der Waals surface area contributed by atoms with Gasteiger partial charge in [-0.1, -0.05) is 170 Å². The van der Waals surface area contributed by atoms with E-state index in [2.05, 4.69) is 230 Å². The van der Waals surface area contributed by atoms with Crippen molar-refractivity contribution < 1.29 is 0 Å². The molecule has 0 spiro atoms.